The van der Waals surface area contributed by atoms with Crippen LogP contribution < -0.4 is 16.4 Å². The van der Waals surface area contributed by atoms with Crippen LogP contribution in [0.25, 0.3) is 0 Å². The average Bonchev–Trinajstić information content (AvgIpc) is 3.42. The molecule has 10 nitrogen and oxygen atoms in total. The lowest BCUT2D eigenvalue weighted by Crippen LogP contribution is -2.62. The molecule has 1 heterocycles. The average molecular weight is 676 g/mol. The molecule has 5 N–H and O–H groups in total. The first-order valence-corrected chi connectivity index (χ1v) is 19.3. The Morgan fingerprint density at radius 3 is 2.40 bits per heavy atom. The summed E-state index contributed by atoms with van der Waals surface area (Å²) < 4.78 is 6.37. The Morgan fingerprint density at radius 2 is 1.81 bits per heavy atom. The van der Waals surface area contributed by atoms with Crippen LogP contribution in [0.15, 0.2) is 0 Å². The van der Waals surface area contributed by atoms with Gasteiger partial charge < -0.3 is 31.1 Å². The van der Waals surface area contributed by atoms with Gasteiger partial charge in [0.1, 0.15) is 6.04 Å². The van der Waals surface area contributed by atoms with Gasteiger partial charge in [-0.05, 0) is 107 Å². The number of rotatable bonds is 12. The number of ether oxygens (including phenoxy) is 1. The van der Waals surface area contributed by atoms with Crippen molar-refractivity contribution >= 4 is 11.8 Å². The van der Waals surface area contributed by atoms with E-state index in [-0.39, 0.29) is 42.3 Å². The molecule has 6 fully saturated rings. The van der Waals surface area contributed by atoms with Gasteiger partial charge in [-0.15, -0.1) is 0 Å². The van der Waals surface area contributed by atoms with Crippen molar-refractivity contribution in [1.82, 2.24) is 20.6 Å². The molecule has 0 spiro atoms. The number of carbonyl (C=O) groups is 2. The summed E-state index contributed by atoms with van der Waals surface area (Å²) in [6.45, 7) is 14.6. The highest BCUT2D eigenvalue weighted by Gasteiger charge is 2.58. The number of aliphatic hydroxyl groups excluding tert-OH is 1. The number of carbonyl (C=O) groups excluding carboxylic acids is 2. The minimum atomic E-state index is -0.739. The third kappa shape index (κ3) is 7.64. The molecule has 6 rings (SSSR count). The molecule has 6 aliphatic rings. The zero-order chi connectivity index (χ0) is 35.1. The Hall–Kier alpha value is -1.30. The Balaban J connectivity index is 1.32. The molecule has 48 heavy (non-hydrogen) atoms. The van der Waals surface area contributed by atoms with Crippen molar-refractivity contribution in [2.24, 2.45) is 64.4 Å². The van der Waals surface area contributed by atoms with E-state index in [0.29, 0.717) is 60.1 Å². The van der Waals surface area contributed by atoms with E-state index in [1.54, 1.807) is 6.92 Å². The Morgan fingerprint density at radius 1 is 1.08 bits per heavy atom. The van der Waals surface area contributed by atoms with Gasteiger partial charge in [0.25, 0.3) is 0 Å². The summed E-state index contributed by atoms with van der Waals surface area (Å²) in [7, 11) is 6.09. The van der Waals surface area contributed by atoms with Crippen LogP contribution in [-0.4, -0.2) is 104 Å². The summed E-state index contributed by atoms with van der Waals surface area (Å²) in [6.07, 6.45) is 7.04. The van der Waals surface area contributed by atoms with Crippen LogP contribution in [-0.2, 0) is 19.2 Å². The number of amides is 2. The summed E-state index contributed by atoms with van der Waals surface area (Å²) >= 11 is 0. The lowest BCUT2D eigenvalue weighted by molar-refractivity contribution is -0.186. The van der Waals surface area contributed by atoms with Crippen LogP contribution in [0.4, 0.5) is 0 Å². The van der Waals surface area contributed by atoms with Gasteiger partial charge >= 0.3 is 0 Å². The summed E-state index contributed by atoms with van der Waals surface area (Å²) in [5, 5.41) is 19.5. The van der Waals surface area contributed by atoms with Crippen LogP contribution in [0.5, 0.6) is 0 Å². The molecule has 276 valence electrons. The SMILES string of the molecule is COC1C(CN2O[C@@H](CN)C(C(C)O)[C@H]2C(=O)N[C@@H]2C[C@H]3C[C@@H]([C@@H]2C)C3(C)C)CCCC1C1CC(C(=O)NCC(C)C)CC(N(C)C)C1. The fourth-order valence-corrected chi connectivity index (χ4v) is 10.9. The minimum absolute atomic E-state index is 0.00122. The number of hydroxylamine groups is 2. The van der Waals surface area contributed by atoms with Gasteiger partial charge in [0, 0.05) is 56.6 Å². The van der Waals surface area contributed by atoms with Gasteiger partial charge in [0.05, 0.1) is 18.3 Å². The number of fused-ring (bicyclic) bond motifs is 2. The van der Waals surface area contributed by atoms with Crippen molar-refractivity contribution in [3.63, 3.8) is 0 Å². The van der Waals surface area contributed by atoms with Crippen LogP contribution >= 0.6 is 0 Å². The lowest BCUT2D eigenvalue weighted by atomic mass is 9.45. The number of hydrogen-bond acceptors (Lipinski definition) is 8. The first-order valence-electron chi connectivity index (χ1n) is 19.3. The summed E-state index contributed by atoms with van der Waals surface area (Å²) in [5.74, 6) is 2.67. The predicted molar refractivity (Wildman–Crippen MR) is 188 cm³/mol. The molecule has 8 unspecified atom stereocenters. The standard InChI is InChI=1S/C38H69N5O5/c1-21(2)19-40-36(45)26-13-25(14-28(15-26)42(7)8)29-12-10-11-24(35(29)47-9)20-43-34(33(23(4)44)32(18-39)48-43)37(46)41-31-17-27-16-30(22(31)3)38(27,5)6/h21-35,44H,10-20,39H2,1-9H3,(H,40,45)(H,41,46)/t22-,23?,24?,25?,26?,27+,28?,29?,30-,31+,32-,33?,34-,35?/m0/s1. The molecular weight excluding hydrogens is 606 g/mol. The monoisotopic (exact) mass is 676 g/mol. The van der Waals surface area contributed by atoms with E-state index in [2.05, 4.69) is 64.2 Å². The fraction of sp³-hybridized carbons (Fsp3) is 0.947. The second-order valence-electron chi connectivity index (χ2n) is 17.8. The van der Waals surface area contributed by atoms with E-state index < -0.39 is 24.2 Å². The van der Waals surface area contributed by atoms with Gasteiger partial charge in [-0.1, -0.05) is 41.0 Å². The largest absolute Gasteiger partial charge is 0.393 e. The minimum Gasteiger partial charge on any atom is -0.393 e. The molecule has 0 radical (unpaired) electrons. The number of hydrogen-bond donors (Lipinski definition) is 4. The van der Waals surface area contributed by atoms with E-state index >= 15 is 0 Å². The zero-order valence-corrected chi connectivity index (χ0v) is 31.5. The quantitative estimate of drug-likeness (QED) is 0.247. The first kappa shape index (κ1) is 37.9. The highest BCUT2D eigenvalue weighted by Crippen LogP contribution is 2.61. The van der Waals surface area contributed by atoms with Crippen LogP contribution in [0.3, 0.4) is 0 Å². The van der Waals surface area contributed by atoms with Gasteiger partial charge in [-0.3, -0.25) is 14.4 Å². The molecule has 0 aromatic rings. The fourth-order valence-electron chi connectivity index (χ4n) is 10.9. The topological polar surface area (TPSA) is 129 Å². The molecule has 1 aliphatic heterocycles. The van der Waals surface area contributed by atoms with Crippen molar-refractivity contribution < 1.29 is 24.3 Å². The molecule has 5 aliphatic carbocycles. The molecule has 14 atom stereocenters. The second kappa shape index (κ2) is 15.5. The Bertz CT molecular complexity index is 1100. The first-order chi connectivity index (χ1) is 22.7. The van der Waals surface area contributed by atoms with E-state index in [4.69, 9.17) is 15.3 Å². The number of nitrogens with one attached hydrogen (secondary N) is 2. The Labute approximate surface area is 290 Å². The highest BCUT2D eigenvalue weighted by molar-refractivity contribution is 5.83. The number of nitrogens with zero attached hydrogens (tertiary/aromatic N) is 2. The van der Waals surface area contributed by atoms with E-state index in [1.807, 2.05) is 12.2 Å². The lowest BCUT2D eigenvalue weighted by Gasteiger charge is -2.62. The van der Waals surface area contributed by atoms with Gasteiger partial charge in [-0.2, -0.15) is 5.06 Å². The van der Waals surface area contributed by atoms with E-state index in [9.17, 15) is 14.7 Å². The third-order valence-corrected chi connectivity index (χ3v) is 13.9. The van der Waals surface area contributed by atoms with Crippen molar-refractivity contribution in [2.75, 3.05) is 40.8 Å². The maximum Gasteiger partial charge on any atom is 0.240 e. The summed E-state index contributed by atoms with van der Waals surface area (Å²) in [6, 6.07) is -0.130. The maximum atomic E-state index is 14.3. The zero-order valence-electron chi connectivity index (χ0n) is 31.5. The molecule has 5 saturated carbocycles. The third-order valence-electron chi connectivity index (χ3n) is 13.9. The van der Waals surface area contributed by atoms with E-state index in [0.717, 1.165) is 44.9 Å². The van der Waals surface area contributed by atoms with Gasteiger partial charge in [0.15, 0.2) is 0 Å². The molecule has 10 heteroatoms. The molecule has 1 saturated heterocycles. The second-order valence-corrected chi connectivity index (χ2v) is 17.8. The molecule has 0 aromatic heterocycles. The Kier molecular flexibility index (Phi) is 12.3. The molecule has 0 aromatic carbocycles. The van der Waals surface area contributed by atoms with Crippen molar-refractivity contribution in [3.05, 3.63) is 0 Å². The summed E-state index contributed by atoms with van der Waals surface area (Å²) in [5.41, 5.74) is 6.55. The number of methoxy groups -OCH3 is 1. The maximum absolute atomic E-state index is 14.3. The number of aliphatic hydroxyl groups is 1. The molecule has 2 amide bonds. The summed E-state index contributed by atoms with van der Waals surface area (Å²) in [4.78, 5) is 36.4. The smallest absolute Gasteiger partial charge is 0.240 e. The van der Waals surface area contributed by atoms with Crippen LogP contribution in [0.1, 0.15) is 92.9 Å². The van der Waals surface area contributed by atoms with E-state index in [1.165, 1.54) is 6.42 Å². The van der Waals surface area contributed by atoms with Gasteiger partial charge in [0.2, 0.25) is 11.8 Å². The van der Waals surface area contributed by atoms with Crippen molar-refractivity contribution in [2.45, 2.75) is 129 Å². The van der Waals surface area contributed by atoms with Crippen molar-refractivity contribution in [1.29, 1.82) is 0 Å². The van der Waals surface area contributed by atoms with Crippen LogP contribution in [0, 0.1) is 58.7 Å². The predicted octanol–water partition coefficient (Wildman–Crippen LogP) is 3.66. The van der Waals surface area contributed by atoms with Gasteiger partial charge in [-0.25, -0.2) is 0 Å². The molecule has 2 bridgehead atoms. The highest BCUT2D eigenvalue weighted by atomic mass is 16.7. The van der Waals surface area contributed by atoms with Crippen molar-refractivity contribution in [3.8, 4) is 0 Å². The normalized spacial score (nSPS) is 42.0. The van der Waals surface area contributed by atoms with Crippen LogP contribution in [0.2, 0.25) is 0 Å². The molecular formula is C38H69N5O5. The number of nitrogens with two attached hydrogens (primary N) is 1.